The summed E-state index contributed by atoms with van der Waals surface area (Å²) in [6.45, 7) is 0.747. The first-order valence-corrected chi connectivity index (χ1v) is 10.3. The maximum atomic E-state index is 9.36. The van der Waals surface area contributed by atoms with Gasteiger partial charge in [-0.05, 0) is 47.4 Å². The Balaban J connectivity index is 1.32. The maximum absolute atomic E-state index is 9.36. The van der Waals surface area contributed by atoms with Gasteiger partial charge in [0.15, 0.2) is 6.61 Å². The van der Waals surface area contributed by atoms with Crippen molar-refractivity contribution in [2.45, 2.75) is 13.0 Å². The molecule has 1 heterocycles. The summed E-state index contributed by atoms with van der Waals surface area (Å²) >= 11 is 0. The summed E-state index contributed by atoms with van der Waals surface area (Å²) in [4.78, 5) is 4.23. The number of anilines is 1. The summed E-state index contributed by atoms with van der Waals surface area (Å²) in [5, 5.41) is 12.5. The van der Waals surface area contributed by atoms with E-state index in [9.17, 15) is 5.26 Å². The highest BCUT2D eigenvalue weighted by molar-refractivity contribution is 5.63. The van der Waals surface area contributed by atoms with Crippen molar-refractivity contribution in [1.82, 2.24) is 4.98 Å². The fraction of sp³-hybridized carbons (Fsp3) is 0.154. The largest absolute Gasteiger partial charge is 0.497 e. The predicted molar refractivity (Wildman–Crippen MR) is 123 cm³/mol. The van der Waals surface area contributed by atoms with Crippen LogP contribution >= 0.6 is 0 Å². The number of nitrogens with one attached hydrogen (secondary N) is 1. The van der Waals surface area contributed by atoms with Gasteiger partial charge >= 0.3 is 0 Å². The number of hydrogen-bond acceptors (Lipinski definition) is 6. The van der Waals surface area contributed by atoms with Crippen molar-refractivity contribution in [3.05, 3.63) is 96.0 Å². The number of rotatable bonds is 9. The first kappa shape index (κ1) is 21.0. The molecule has 0 radical (unpaired) electrons. The molecule has 1 aromatic heterocycles. The molecule has 0 aliphatic rings. The lowest BCUT2D eigenvalue weighted by Crippen LogP contribution is -2.05. The van der Waals surface area contributed by atoms with Gasteiger partial charge in [-0.15, -0.1) is 0 Å². The van der Waals surface area contributed by atoms with Crippen LogP contribution in [0.4, 0.5) is 5.88 Å². The molecule has 0 atom stereocenters. The molecular weight excluding hydrogens is 402 g/mol. The average Bonchev–Trinajstić information content (AvgIpc) is 3.26. The fourth-order valence-electron chi connectivity index (χ4n) is 3.25. The number of nitrogens with zero attached hydrogens (tertiary/aromatic N) is 2. The van der Waals surface area contributed by atoms with Crippen LogP contribution in [0, 0.1) is 11.3 Å². The van der Waals surface area contributed by atoms with Gasteiger partial charge in [-0.1, -0.05) is 54.6 Å². The van der Waals surface area contributed by atoms with E-state index < -0.39 is 0 Å². The molecule has 0 aliphatic carbocycles. The molecule has 0 saturated carbocycles. The second kappa shape index (κ2) is 10.2. The number of nitriles is 1. The minimum Gasteiger partial charge on any atom is -0.497 e. The molecular formula is C26H23N3O3. The molecule has 6 nitrogen and oxygen atoms in total. The number of oxazole rings is 1. The lowest BCUT2D eigenvalue weighted by molar-refractivity contribution is 0.265. The van der Waals surface area contributed by atoms with Crippen LogP contribution in [0.5, 0.6) is 11.5 Å². The molecule has 0 aliphatic heterocycles. The molecule has 0 spiro atoms. The minimum atomic E-state index is 0.138. The highest BCUT2D eigenvalue weighted by Gasteiger charge is 2.13. The smallest absolute Gasteiger partial charge is 0.236 e. The first-order chi connectivity index (χ1) is 15.7. The zero-order chi connectivity index (χ0) is 22.2. The van der Waals surface area contributed by atoms with Gasteiger partial charge in [0.25, 0.3) is 0 Å². The van der Waals surface area contributed by atoms with Crippen LogP contribution in [0.2, 0.25) is 0 Å². The molecule has 4 aromatic rings. The van der Waals surface area contributed by atoms with Crippen LogP contribution < -0.4 is 14.8 Å². The Morgan fingerprint density at radius 1 is 0.906 bits per heavy atom. The van der Waals surface area contributed by atoms with Crippen LogP contribution in [-0.4, -0.2) is 18.6 Å². The minimum absolute atomic E-state index is 0.138. The molecule has 0 amide bonds. The summed E-state index contributed by atoms with van der Waals surface area (Å²) in [6.07, 6.45) is 0.773. The summed E-state index contributed by atoms with van der Waals surface area (Å²) in [5.74, 6) is 2.23. The van der Waals surface area contributed by atoms with Gasteiger partial charge in [0.2, 0.25) is 17.5 Å². The van der Waals surface area contributed by atoms with Gasteiger partial charge in [0.05, 0.1) is 7.11 Å². The Kier molecular flexibility index (Phi) is 6.69. The average molecular weight is 425 g/mol. The summed E-state index contributed by atoms with van der Waals surface area (Å²) in [6, 6.07) is 27.9. The Morgan fingerprint density at radius 3 is 2.28 bits per heavy atom. The van der Waals surface area contributed by atoms with E-state index in [2.05, 4.69) is 28.5 Å². The number of benzene rings is 3. The highest BCUT2D eigenvalue weighted by atomic mass is 16.5. The van der Waals surface area contributed by atoms with Gasteiger partial charge in [-0.25, -0.2) is 0 Å². The molecule has 4 rings (SSSR count). The van der Waals surface area contributed by atoms with E-state index in [0.29, 0.717) is 24.1 Å². The van der Waals surface area contributed by atoms with E-state index in [1.165, 1.54) is 0 Å². The molecule has 1 N–H and O–H groups in total. The summed E-state index contributed by atoms with van der Waals surface area (Å²) in [5.41, 5.74) is 3.64. The molecule has 0 fully saturated rings. The monoisotopic (exact) mass is 425 g/mol. The zero-order valence-electron chi connectivity index (χ0n) is 17.7. The van der Waals surface area contributed by atoms with E-state index in [1.54, 1.807) is 7.11 Å². The molecule has 32 heavy (non-hydrogen) atoms. The fourth-order valence-corrected chi connectivity index (χ4v) is 3.25. The van der Waals surface area contributed by atoms with Gasteiger partial charge < -0.3 is 19.2 Å². The van der Waals surface area contributed by atoms with Gasteiger partial charge in [0.1, 0.15) is 17.6 Å². The molecule has 0 bridgehead atoms. The highest BCUT2D eigenvalue weighted by Crippen LogP contribution is 2.23. The molecule has 3 aromatic carbocycles. The SMILES string of the molecule is COc1ccc(CCNc2oc(COc3ccc(-c4ccccc4)cc3)nc2C#N)cc1. The lowest BCUT2D eigenvalue weighted by Gasteiger charge is -2.06. The van der Waals surface area contributed by atoms with Crippen molar-refractivity contribution >= 4 is 5.88 Å². The Labute approximate surface area is 187 Å². The summed E-state index contributed by atoms with van der Waals surface area (Å²) in [7, 11) is 1.64. The van der Waals surface area contributed by atoms with Crippen molar-refractivity contribution in [2.24, 2.45) is 0 Å². The zero-order valence-corrected chi connectivity index (χ0v) is 17.7. The topological polar surface area (TPSA) is 80.3 Å². The van der Waals surface area contributed by atoms with E-state index in [4.69, 9.17) is 13.9 Å². The Bertz CT molecular complexity index is 1180. The molecule has 6 heteroatoms. The lowest BCUT2D eigenvalue weighted by atomic mass is 10.1. The quantitative estimate of drug-likeness (QED) is 0.384. The third-order valence-electron chi connectivity index (χ3n) is 4.96. The van der Waals surface area contributed by atoms with Crippen LogP contribution in [0.25, 0.3) is 11.1 Å². The van der Waals surface area contributed by atoms with Gasteiger partial charge in [-0.3, -0.25) is 0 Å². The van der Waals surface area contributed by atoms with Crippen molar-refractivity contribution in [3.63, 3.8) is 0 Å². The van der Waals surface area contributed by atoms with Crippen molar-refractivity contribution in [1.29, 1.82) is 5.26 Å². The third kappa shape index (κ3) is 5.27. The predicted octanol–water partition coefficient (Wildman–Crippen LogP) is 5.46. The van der Waals surface area contributed by atoms with Crippen LogP contribution in [0.15, 0.2) is 83.3 Å². The van der Waals surface area contributed by atoms with Crippen LogP contribution in [0.1, 0.15) is 17.1 Å². The van der Waals surface area contributed by atoms with E-state index in [0.717, 1.165) is 28.9 Å². The standard InChI is InChI=1S/C26H23N3O3/c1-30-22-11-7-19(8-12-22)15-16-28-26-24(17-27)29-25(32-26)18-31-23-13-9-21(10-14-23)20-5-3-2-4-6-20/h2-14,28H,15-16,18H2,1H3. The molecule has 0 saturated heterocycles. The normalized spacial score (nSPS) is 10.4. The maximum Gasteiger partial charge on any atom is 0.236 e. The van der Waals surface area contributed by atoms with Gasteiger partial charge in [-0.2, -0.15) is 10.2 Å². The van der Waals surface area contributed by atoms with Crippen LogP contribution in [-0.2, 0) is 13.0 Å². The van der Waals surface area contributed by atoms with E-state index >= 15 is 0 Å². The Hall–Kier alpha value is -4.24. The molecule has 0 unspecified atom stereocenters. The Morgan fingerprint density at radius 2 is 1.59 bits per heavy atom. The first-order valence-electron chi connectivity index (χ1n) is 10.3. The van der Waals surface area contributed by atoms with Gasteiger partial charge in [0, 0.05) is 6.54 Å². The van der Waals surface area contributed by atoms with Crippen LogP contribution in [0.3, 0.4) is 0 Å². The van der Waals surface area contributed by atoms with E-state index in [-0.39, 0.29) is 12.3 Å². The number of ether oxygens (including phenoxy) is 2. The van der Waals surface area contributed by atoms with E-state index in [1.807, 2.05) is 66.7 Å². The van der Waals surface area contributed by atoms with Crippen molar-refractivity contribution in [2.75, 3.05) is 19.0 Å². The third-order valence-corrected chi connectivity index (χ3v) is 4.96. The second-order valence-corrected chi connectivity index (χ2v) is 7.10. The van der Waals surface area contributed by atoms with Crippen molar-refractivity contribution < 1.29 is 13.9 Å². The molecule has 160 valence electrons. The number of aromatic nitrogens is 1. The number of hydrogen-bond donors (Lipinski definition) is 1. The van der Waals surface area contributed by atoms with Crippen molar-refractivity contribution in [3.8, 4) is 28.7 Å². The summed E-state index contributed by atoms with van der Waals surface area (Å²) < 4.78 is 16.7. The second-order valence-electron chi connectivity index (χ2n) is 7.10. The number of methoxy groups -OCH3 is 1.